The van der Waals surface area contributed by atoms with Gasteiger partial charge in [0.15, 0.2) is 0 Å². The molecule has 0 radical (unpaired) electrons. The van der Waals surface area contributed by atoms with Gasteiger partial charge in [0.05, 0.1) is 11.6 Å². The molecule has 0 unspecified atom stereocenters. The van der Waals surface area contributed by atoms with Crippen LogP contribution in [0.4, 0.5) is 0 Å². The summed E-state index contributed by atoms with van der Waals surface area (Å²) in [6, 6.07) is 10.1. The molecular formula is C20H23NO. The lowest BCUT2D eigenvalue weighted by atomic mass is 9.58. The molecule has 5 atom stereocenters. The SMILES string of the molecule is C=C[C@@H]1C[C@H]2CC[C@H]1C[C@@H]2[C@@H](O)c1ccnc2ccccc12. The highest BCUT2D eigenvalue weighted by molar-refractivity contribution is 5.82. The second-order valence-electron chi connectivity index (χ2n) is 6.99. The van der Waals surface area contributed by atoms with Gasteiger partial charge < -0.3 is 5.11 Å². The molecule has 2 heteroatoms. The van der Waals surface area contributed by atoms with Gasteiger partial charge in [-0.3, -0.25) is 4.98 Å². The first-order chi connectivity index (χ1) is 10.8. The highest BCUT2D eigenvalue weighted by Gasteiger charge is 2.43. The summed E-state index contributed by atoms with van der Waals surface area (Å²) in [5.41, 5.74) is 2.03. The number of allylic oxidation sites excluding steroid dienone is 1. The van der Waals surface area contributed by atoms with Crippen molar-refractivity contribution in [1.82, 2.24) is 4.98 Å². The van der Waals surface area contributed by atoms with Crippen molar-refractivity contribution in [2.45, 2.75) is 31.8 Å². The number of rotatable bonds is 3. The zero-order valence-electron chi connectivity index (χ0n) is 12.9. The monoisotopic (exact) mass is 293 g/mol. The molecule has 3 aliphatic rings. The number of aromatic nitrogens is 1. The van der Waals surface area contributed by atoms with E-state index in [4.69, 9.17) is 0 Å². The van der Waals surface area contributed by atoms with E-state index in [2.05, 4.69) is 23.7 Å². The molecule has 1 heterocycles. The van der Waals surface area contributed by atoms with Gasteiger partial charge in [0.25, 0.3) is 0 Å². The zero-order valence-corrected chi connectivity index (χ0v) is 12.9. The van der Waals surface area contributed by atoms with E-state index in [9.17, 15) is 5.11 Å². The van der Waals surface area contributed by atoms with Crippen LogP contribution in [0.2, 0.25) is 0 Å². The molecule has 0 aliphatic heterocycles. The summed E-state index contributed by atoms with van der Waals surface area (Å²) in [5, 5.41) is 12.2. The second-order valence-corrected chi connectivity index (χ2v) is 6.99. The number of hydrogen-bond acceptors (Lipinski definition) is 2. The number of aliphatic hydroxyl groups is 1. The Morgan fingerprint density at radius 1 is 1.14 bits per heavy atom. The normalized spacial score (nSPS) is 32.0. The lowest BCUT2D eigenvalue weighted by Crippen LogP contribution is -2.39. The fraction of sp³-hybridized carbons (Fsp3) is 0.450. The number of hydrogen-bond donors (Lipinski definition) is 1. The van der Waals surface area contributed by atoms with E-state index in [1.165, 1.54) is 19.3 Å². The van der Waals surface area contributed by atoms with Crippen LogP contribution in [0.25, 0.3) is 10.9 Å². The highest BCUT2D eigenvalue weighted by Crippen LogP contribution is 2.52. The van der Waals surface area contributed by atoms with Crippen molar-refractivity contribution in [3.63, 3.8) is 0 Å². The Hall–Kier alpha value is -1.67. The number of benzene rings is 1. The molecule has 114 valence electrons. The zero-order chi connectivity index (χ0) is 15.1. The van der Waals surface area contributed by atoms with Gasteiger partial charge in [-0.25, -0.2) is 0 Å². The van der Waals surface area contributed by atoms with E-state index in [0.29, 0.717) is 17.8 Å². The molecule has 0 saturated heterocycles. The summed E-state index contributed by atoms with van der Waals surface area (Å²) in [5.74, 6) is 2.40. The molecule has 2 bridgehead atoms. The van der Waals surface area contributed by atoms with E-state index >= 15 is 0 Å². The molecule has 3 fully saturated rings. The number of para-hydroxylation sites is 1. The molecule has 5 rings (SSSR count). The van der Waals surface area contributed by atoms with E-state index in [1.807, 2.05) is 30.5 Å². The van der Waals surface area contributed by atoms with Crippen LogP contribution in [0, 0.1) is 23.7 Å². The van der Waals surface area contributed by atoms with Gasteiger partial charge in [-0.15, -0.1) is 6.58 Å². The standard InChI is InChI=1S/C20H23NO/c1-2-13-11-15-8-7-14(13)12-18(15)20(22)17-9-10-21-19-6-4-3-5-16(17)19/h2-6,9-10,13-15,18,20,22H,1,7-8,11-12H2/t13-,14+,15-,18+,20+/m1/s1. The minimum absolute atomic E-state index is 0.369. The fourth-order valence-electron chi connectivity index (χ4n) is 4.81. The summed E-state index contributed by atoms with van der Waals surface area (Å²) in [6.45, 7) is 4.00. The maximum atomic E-state index is 11.1. The van der Waals surface area contributed by atoms with Crippen LogP contribution in [0.15, 0.2) is 49.2 Å². The Labute approximate surface area is 131 Å². The van der Waals surface area contributed by atoms with Gasteiger partial charge in [0.2, 0.25) is 0 Å². The third kappa shape index (κ3) is 2.17. The molecule has 2 aromatic rings. The molecule has 0 amide bonds. The van der Waals surface area contributed by atoms with Gasteiger partial charge in [-0.05, 0) is 67.1 Å². The molecule has 22 heavy (non-hydrogen) atoms. The minimum atomic E-state index is -0.369. The van der Waals surface area contributed by atoms with Crippen molar-refractivity contribution in [3.8, 4) is 0 Å². The third-order valence-electron chi connectivity index (χ3n) is 5.98. The first-order valence-electron chi connectivity index (χ1n) is 8.42. The second kappa shape index (κ2) is 5.51. The molecule has 3 saturated carbocycles. The Bertz CT molecular complexity index is 690. The first-order valence-corrected chi connectivity index (χ1v) is 8.42. The molecule has 3 aliphatic carbocycles. The summed E-state index contributed by atoms with van der Waals surface area (Å²) in [6.07, 6.45) is 8.52. The molecule has 2 nitrogen and oxygen atoms in total. The Morgan fingerprint density at radius 3 is 2.73 bits per heavy atom. The predicted octanol–water partition coefficient (Wildman–Crippen LogP) is 4.51. The number of nitrogens with zero attached hydrogens (tertiary/aromatic N) is 1. The van der Waals surface area contributed by atoms with Crippen LogP contribution in [-0.2, 0) is 0 Å². The number of pyridine rings is 1. The summed E-state index contributed by atoms with van der Waals surface area (Å²) >= 11 is 0. The fourth-order valence-corrected chi connectivity index (χ4v) is 4.81. The van der Waals surface area contributed by atoms with Crippen molar-refractivity contribution in [2.24, 2.45) is 23.7 Å². The van der Waals surface area contributed by atoms with Gasteiger partial charge >= 0.3 is 0 Å². The van der Waals surface area contributed by atoms with Crippen molar-refractivity contribution in [2.75, 3.05) is 0 Å². The Kier molecular flexibility index (Phi) is 3.50. The van der Waals surface area contributed by atoms with Crippen molar-refractivity contribution in [1.29, 1.82) is 0 Å². The highest BCUT2D eigenvalue weighted by atomic mass is 16.3. The lowest BCUT2D eigenvalue weighted by molar-refractivity contribution is -0.0217. The van der Waals surface area contributed by atoms with E-state index in [1.54, 1.807) is 0 Å². The van der Waals surface area contributed by atoms with E-state index in [0.717, 1.165) is 28.8 Å². The Morgan fingerprint density at radius 2 is 1.95 bits per heavy atom. The van der Waals surface area contributed by atoms with E-state index < -0.39 is 0 Å². The topological polar surface area (TPSA) is 33.1 Å². The predicted molar refractivity (Wildman–Crippen MR) is 89.3 cm³/mol. The van der Waals surface area contributed by atoms with Gasteiger partial charge in [-0.1, -0.05) is 24.3 Å². The van der Waals surface area contributed by atoms with Gasteiger partial charge in [0.1, 0.15) is 0 Å². The third-order valence-corrected chi connectivity index (χ3v) is 5.98. The maximum absolute atomic E-state index is 11.1. The van der Waals surface area contributed by atoms with E-state index in [-0.39, 0.29) is 6.10 Å². The van der Waals surface area contributed by atoms with Crippen LogP contribution in [0.1, 0.15) is 37.4 Å². The minimum Gasteiger partial charge on any atom is -0.388 e. The van der Waals surface area contributed by atoms with Gasteiger partial charge in [-0.2, -0.15) is 0 Å². The number of fused-ring (bicyclic) bond motifs is 4. The largest absolute Gasteiger partial charge is 0.388 e. The average Bonchev–Trinajstić information content (AvgIpc) is 2.60. The van der Waals surface area contributed by atoms with Crippen molar-refractivity contribution in [3.05, 3.63) is 54.7 Å². The quantitative estimate of drug-likeness (QED) is 0.845. The molecule has 0 spiro atoms. The summed E-state index contributed by atoms with van der Waals surface area (Å²) in [7, 11) is 0. The molecular weight excluding hydrogens is 270 g/mol. The van der Waals surface area contributed by atoms with Crippen LogP contribution in [0.5, 0.6) is 0 Å². The summed E-state index contributed by atoms with van der Waals surface area (Å²) in [4.78, 5) is 4.42. The van der Waals surface area contributed by atoms with Crippen LogP contribution < -0.4 is 0 Å². The van der Waals surface area contributed by atoms with Crippen molar-refractivity contribution < 1.29 is 5.11 Å². The molecule has 1 N–H and O–H groups in total. The summed E-state index contributed by atoms with van der Waals surface area (Å²) < 4.78 is 0. The van der Waals surface area contributed by atoms with Crippen molar-refractivity contribution >= 4 is 10.9 Å². The van der Waals surface area contributed by atoms with Crippen LogP contribution in [0.3, 0.4) is 0 Å². The van der Waals surface area contributed by atoms with Gasteiger partial charge in [0, 0.05) is 11.6 Å². The Balaban J connectivity index is 1.67. The maximum Gasteiger partial charge on any atom is 0.0828 e. The first kappa shape index (κ1) is 14.0. The molecule has 1 aromatic heterocycles. The smallest absolute Gasteiger partial charge is 0.0828 e. The average molecular weight is 293 g/mol. The molecule has 1 aromatic carbocycles. The van der Waals surface area contributed by atoms with Crippen LogP contribution in [-0.4, -0.2) is 10.1 Å². The lowest BCUT2D eigenvalue weighted by Gasteiger charge is -2.48. The van der Waals surface area contributed by atoms with Crippen LogP contribution >= 0.6 is 0 Å². The number of aliphatic hydroxyl groups excluding tert-OH is 1.